The average Bonchev–Trinajstić information content (AvgIpc) is 2.66. The molecule has 0 unspecified atom stereocenters. The number of benzene rings is 1. The Bertz CT molecular complexity index is 694. The first-order valence-corrected chi connectivity index (χ1v) is 10.1. The molecule has 0 saturated carbocycles. The molecule has 3 atom stereocenters. The molecule has 0 heterocycles. The third-order valence-electron chi connectivity index (χ3n) is 5.75. The lowest BCUT2D eigenvalue weighted by atomic mass is 9.69. The smallest absolute Gasteiger partial charge is 0.220 e. The van der Waals surface area contributed by atoms with Crippen molar-refractivity contribution in [3.05, 3.63) is 41.5 Å². The summed E-state index contributed by atoms with van der Waals surface area (Å²) < 4.78 is 5.16. The maximum absolute atomic E-state index is 12.5. The van der Waals surface area contributed by atoms with Gasteiger partial charge in [0.05, 0.1) is 7.11 Å². The van der Waals surface area contributed by atoms with Gasteiger partial charge in [-0.2, -0.15) is 0 Å². The normalized spacial score (nSPS) is 21.8. The molecule has 0 aliphatic heterocycles. The van der Waals surface area contributed by atoms with Crippen molar-refractivity contribution in [2.24, 2.45) is 23.7 Å². The second-order valence-corrected chi connectivity index (χ2v) is 8.18. The van der Waals surface area contributed by atoms with Crippen LogP contribution < -0.4 is 15.4 Å². The van der Waals surface area contributed by atoms with E-state index in [9.17, 15) is 9.59 Å². The summed E-state index contributed by atoms with van der Waals surface area (Å²) in [5, 5.41) is 5.99. The molecule has 0 spiro atoms. The molecule has 1 aliphatic rings. The number of amides is 2. The van der Waals surface area contributed by atoms with Crippen LogP contribution in [0.5, 0.6) is 5.75 Å². The van der Waals surface area contributed by atoms with Crippen LogP contribution in [0.1, 0.15) is 46.1 Å². The van der Waals surface area contributed by atoms with Gasteiger partial charge in [0, 0.05) is 26.4 Å². The predicted octanol–water partition coefficient (Wildman–Crippen LogP) is 3.69. The minimum absolute atomic E-state index is 0.00796. The van der Waals surface area contributed by atoms with E-state index in [1.807, 2.05) is 24.3 Å². The van der Waals surface area contributed by atoms with Gasteiger partial charge in [0.25, 0.3) is 0 Å². The summed E-state index contributed by atoms with van der Waals surface area (Å²) >= 11 is 0. The van der Waals surface area contributed by atoms with E-state index in [1.165, 1.54) is 5.57 Å². The van der Waals surface area contributed by atoms with Crippen molar-refractivity contribution >= 4 is 11.8 Å². The third-order valence-corrected chi connectivity index (χ3v) is 5.75. The van der Waals surface area contributed by atoms with Crippen LogP contribution in [0.25, 0.3) is 0 Å². The van der Waals surface area contributed by atoms with Crippen LogP contribution in [0.15, 0.2) is 35.9 Å². The van der Waals surface area contributed by atoms with Crippen LogP contribution in [0.4, 0.5) is 0 Å². The largest absolute Gasteiger partial charge is 0.497 e. The number of hydrogen-bond donors (Lipinski definition) is 2. The number of allylic oxidation sites excluding steroid dienone is 1. The maximum Gasteiger partial charge on any atom is 0.220 e. The topological polar surface area (TPSA) is 67.4 Å². The molecular weight excluding hydrogens is 352 g/mol. The van der Waals surface area contributed by atoms with Crippen molar-refractivity contribution in [3.8, 4) is 5.75 Å². The lowest BCUT2D eigenvalue weighted by Gasteiger charge is -2.37. The van der Waals surface area contributed by atoms with Crippen LogP contribution >= 0.6 is 0 Å². The predicted molar refractivity (Wildman–Crippen MR) is 112 cm³/mol. The number of carbonyl (C=O) groups is 2. The summed E-state index contributed by atoms with van der Waals surface area (Å²) in [7, 11) is 1.64. The first kappa shape index (κ1) is 22.0. The van der Waals surface area contributed by atoms with Crippen molar-refractivity contribution in [1.29, 1.82) is 0 Å². The van der Waals surface area contributed by atoms with Crippen molar-refractivity contribution in [1.82, 2.24) is 10.6 Å². The number of methoxy groups -OCH3 is 1. The maximum atomic E-state index is 12.5. The van der Waals surface area contributed by atoms with Crippen LogP contribution in [0.2, 0.25) is 0 Å². The molecule has 1 aromatic rings. The molecule has 0 aromatic heterocycles. The van der Waals surface area contributed by atoms with Gasteiger partial charge in [-0.3, -0.25) is 9.59 Å². The third kappa shape index (κ3) is 6.39. The van der Waals surface area contributed by atoms with Crippen LogP contribution in [-0.4, -0.2) is 25.5 Å². The molecule has 0 fully saturated rings. The molecule has 0 radical (unpaired) electrons. The van der Waals surface area contributed by atoms with E-state index >= 15 is 0 Å². The quantitative estimate of drug-likeness (QED) is 0.670. The highest BCUT2D eigenvalue weighted by Gasteiger charge is 2.32. The minimum Gasteiger partial charge on any atom is -0.497 e. The summed E-state index contributed by atoms with van der Waals surface area (Å²) in [5.41, 5.74) is 2.31. The zero-order valence-electron chi connectivity index (χ0n) is 17.7. The Morgan fingerprint density at radius 2 is 1.86 bits per heavy atom. The summed E-state index contributed by atoms with van der Waals surface area (Å²) in [5.74, 6) is 2.47. The minimum atomic E-state index is 0.00796. The SMILES string of the molecule is COc1ccc(CNC(=O)C[C@@H]2C[C@@H](C(C)C)[C@H](CNC(C)=O)C=C2C)cc1. The zero-order valence-corrected chi connectivity index (χ0v) is 17.7. The van der Waals surface area contributed by atoms with E-state index in [-0.39, 0.29) is 17.7 Å². The molecule has 2 rings (SSSR count). The molecule has 5 heteroatoms. The van der Waals surface area contributed by atoms with Gasteiger partial charge in [-0.05, 0) is 54.7 Å². The Morgan fingerprint density at radius 1 is 1.18 bits per heavy atom. The van der Waals surface area contributed by atoms with Crippen LogP contribution in [0, 0.1) is 23.7 Å². The number of hydrogen-bond acceptors (Lipinski definition) is 3. The standard InChI is InChI=1S/C23H34N2O3/c1-15(2)22-11-19(16(3)10-20(22)14-24-17(4)26)12-23(27)25-13-18-6-8-21(28-5)9-7-18/h6-10,15,19-20,22H,11-14H2,1-5H3,(H,24,26)(H,25,27)/t19-,20-,22-/m0/s1. The van der Waals surface area contributed by atoms with E-state index in [0.717, 1.165) is 17.7 Å². The molecule has 28 heavy (non-hydrogen) atoms. The van der Waals surface area contributed by atoms with E-state index in [1.54, 1.807) is 14.0 Å². The summed E-state index contributed by atoms with van der Waals surface area (Å²) in [6.07, 6.45) is 3.76. The van der Waals surface area contributed by atoms with E-state index < -0.39 is 0 Å². The zero-order chi connectivity index (χ0) is 20.7. The Kier molecular flexibility index (Phi) is 8.09. The summed E-state index contributed by atoms with van der Waals surface area (Å²) in [6.45, 7) is 9.31. The van der Waals surface area contributed by atoms with Crippen molar-refractivity contribution in [3.63, 3.8) is 0 Å². The first-order valence-electron chi connectivity index (χ1n) is 10.1. The molecule has 0 bridgehead atoms. The second kappa shape index (κ2) is 10.3. The van der Waals surface area contributed by atoms with Crippen molar-refractivity contribution in [2.75, 3.05) is 13.7 Å². The lowest BCUT2D eigenvalue weighted by molar-refractivity contribution is -0.122. The van der Waals surface area contributed by atoms with Gasteiger partial charge in [0.1, 0.15) is 5.75 Å². The monoisotopic (exact) mass is 386 g/mol. The van der Waals surface area contributed by atoms with Gasteiger partial charge in [0.2, 0.25) is 11.8 Å². The molecule has 154 valence electrons. The Balaban J connectivity index is 1.93. The van der Waals surface area contributed by atoms with Gasteiger partial charge < -0.3 is 15.4 Å². The molecule has 5 nitrogen and oxygen atoms in total. The fourth-order valence-electron chi connectivity index (χ4n) is 4.01. The van der Waals surface area contributed by atoms with Gasteiger partial charge in [-0.25, -0.2) is 0 Å². The Labute approximate surface area is 168 Å². The molecule has 2 amide bonds. The second-order valence-electron chi connectivity index (χ2n) is 8.18. The molecule has 1 aromatic carbocycles. The van der Waals surface area contributed by atoms with E-state index in [2.05, 4.69) is 37.5 Å². The van der Waals surface area contributed by atoms with Gasteiger partial charge in [-0.1, -0.05) is 37.6 Å². The number of nitrogens with one attached hydrogen (secondary N) is 2. The first-order chi connectivity index (χ1) is 13.3. The fourth-order valence-corrected chi connectivity index (χ4v) is 4.01. The van der Waals surface area contributed by atoms with Gasteiger partial charge >= 0.3 is 0 Å². The fraction of sp³-hybridized carbons (Fsp3) is 0.565. The highest BCUT2D eigenvalue weighted by atomic mass is 16.5. The van der Waals surface area contributed by atoms with Crippen LogP contribution in [0.3, 0.4) is 0 Å². The van der Waals surface area contributed by atoms with Gasteiger partial charge in [-0.15, -0.1) is 0 Å². The number of rotatable bonds is 8. The summed E-state index contributed by atoms with van der Waals surface area (Å²) in [6, 6.07) is 7.73. The molecule has 2 N–H and O–H groups in total. The highest BCUT2D eigenvalue weighted by Crippen LogP contribution is 2.38. The van der Waals surface area contributed by atoms with Crippen molar-refractivity contribution in [2.45, 2.75) is 47.1 Å². The summed E-state index contributed by atoms with van der Waals surface area (Å²) in [4.78, 5) is 23.8. The average molecular weight is 387 g/mol. The van der Waals surface area contributed by atoms with Gasteiger partial charge in [0.15, 0.2) is 0 Å². The lowest BCUT2D eigenvalue weighted by Crippen LogP contribution is -2.37. The van der Waals surface area contributed by atoms with Crippen molar-refractivity contribution < 1.29 is 14.3 Å². The van der Waals surface area contributed by atoms with E-state index in [4.69, 9.17) is 4.74 Å². The Morgan fingerprint density at radius 3 is 2.43 bits per heavy atom. The van der Waals surface area contributed by atoms with Crippen LogP contribution in [-0.2, 0) is 16.1 Å². The molecule has 1 aliphatic carbocycles. The number of carbonyl (C=O) groups excluding carboxylic acids is 2. The van der Waals surface area contributed by atoms with E-state index in [0.29, 0.717) is 37.3 Å². The highest BCUT2D eigenvalue weighted by molar-refractivity contribution is 5.76. The number of ether oxygens (including phenoxy) is 1. The molecular formula is C23H34N2O3. The Hall–Kier alpha value is -2.30. The molecule has 0 saturated heterocycles.